The maximum Gasteiger partial charge on any atom is 0.303 e. The Balaban J connectivity index is 2.39. The molecule has 0 saturated heterocycles. The molecule has 2 atom stereocenters. The highest BCUT2D eigenvalue weighted by atomic mass is 16.6. The standard InChI is InChI=1S/C17H25NO2/c1-14(19)20-17(15-9-5-4-6-10-15)12-8-7-11-16(17)13-18(2)3/h4-6,9-10,16H,7-8,11-13H2,1-3H3. The lowest BCUT2D eigenvalue weighted by atomic mass is 9.71. The quantitative estimate of drug-likeness (QED) is 0.790. The molecule has 2 rings (SSSR count). The van der Waals surface area contributed by atoms with Crippen molar-refractivity contribution < 1.29 is 9.53 Å². The Morgan fingerprint density at radius 3 is 2.60 bits per heavy atom. The van der Waals surface area contributed by atoms with Gasteiger partial charge in [-0.3, -0.25) is 4.79 Å². The molecule has 1 aliphatic rings. The first-order chi connectivity index (χ1) is 9.54. The van der Waals surface area contributed by atoms with Crippen LogP contribution < -0.4 is 0 Å². The number of benzene rings is 1. The van der Waals surface area contributed by atoms with Gasteiger partial charge in [0.2, 0.25) is 0 Å². The summed E-state index contributed by atoms with van der Waals surface area (Å²) in [6.45, 7) is 2.47. The van der Waals surface area contributed by atoms with Gasteiger partial charge in [0.1, 0.15) is 5.60 Å². The normalized spacial score (nSPS) is 26.5. The molecule has 1 saturated carbocycles. The van der Waals surface area contributed by atoms with Crippen molar-refractivity contribution in [2.24, 2.45) is 5.92 Å². The molecular formula is C17H25NO2. The van der Waals surface area contributed by atoms with Crippen molar-refractivity contribution >= 4 is 5.97 Å². The fourth-order valence-corrected chi connectivity index (χ4v) is 3.45. The Morgan fingerprint density at radius 2 is 2.00 bits per heavy atom. The van der Waals surface area contributed by atoms with Crippen LogP contribution in [0.2, 0.25) is 0 Å². The van der Waals surface area contributed by atoms with E-state index >= 15 is 0 Å². The molecule has 1 aliphatic carbocycles. The molecule has 110 valence electrons. The van der Waals surface area contributed by atoms with Gasteiger partial charge in [-0.05, 0) is 38.9 Å². The van der Waals surface area contributed by atoms with Gasteiger partial charge in [0.25, 0.3) is 0 Å². The zero-order valence-electron chi connectivity index (χ0n) is 12.8. The van der Waals surface area contributed by atoms with E-state index in [1.165, 1.54) is 13.3 Å². The van der Waals surface area contributed by atoms with Gasteiger partial charge in [-0.25, -0.2) is 0 Å². The van der Waals surface area contributed by atoms with Gasteiger partial charge in [-0.1, -0.05) is 36.8 Å². The van der Waals surface area contributed by atoms with Crippen molar-refractivity contribution in [1.29, 1.82) is 0 Å². The minimum Gasteiger partial charge on any atom is -0.454 e. The zero-order chi connectivity index (χ0) is 14.6. The topological polar surface area (TPSA) is 29.5 Å². The Bertz CT molecular complexity index is 444. The van der Waals surface area contributed by atoms with E-state index in [1.807, 2.05) is 18.2 Å². The summed E-state index contributed by atoms with van der Waals surface area (Å²) >= 11 is 0. The fraction of sp³-hybridized carbons (Fsp3) is 0.588. The maximum atomic E-state index is 11.7. The summed E-state index contributed by atoms with van der Waals surface area (Å²) in [5.41, 5.74) is 0.692. The van der Waals surface area contributed by atoms with E-state index in [9.17, 15) is 4.79 Å². The molecule has 0 bridgehead atoms. The highest BCUT2D eigenvalue weighted by Gasteiger charge is 2.45. The maximum absolute atomic E-state index is 11.7. The van der Waals surface area contributed by atoms with E-state index in [4.69, 9.17) is 4.74 Å². The molecule has 0 heterocycles. The summed E-state index contributed by atoms with van der Waals surface area (Å²) in [7, 11) is 4.16. The van der Waals surface area contributed by atoms with Gasteiger partial charge in [0.15, 0.2) is 0 Å². The molecule has 0 amide bonds. The number of hydrogen-bond donors (Lipinski definition) is 0. The van der Waals surface area contributed by atoms with Crippen LogP contribution in [0.1, 0.15) is 38.2 Å². The van der Waals surface area contributed by atoms with Crippen LogP contribution in [-0.2, 0) is 15.1 Å². The summed E-state index contributed by atoms with van der Waals surface area (Å²) in [5, 5.41) is 0. The second-order valence-electron chi connectivity index (χ2n) is 6.05. The van der Waals surface area contributed by atoms with E-state index in [0.717, 1.165) is 31.4 Å². The summed E-state index contributed by atoms with van der Waals surface area (Å²) in [5.74, 6) is 0.178. The second kappa shape index (κ2) is 6.40. The van der Waals surface area contributed by atoms with Crippen LogP contribution >= 0.6 is 0 Å². The van der Waals surface area contributed by atoms with Crippen molar-refractivity contribution in [1.82, 2.24) is 4.90 Å². The average Bonchev–Trinajstić information content (AvgIpc) is 2.41. The predicted molar refractivity (Wildman–Crippen MR) is 80.4 cm³/mol. The van der Waals surface area contributed by atoms with E-state index in [1.54, 1.807) is 0 Å². The largest absolute Gasteiger partial charge is 0.454 e. The highest BCUT2D eigenvalue weighted by Crippen LogP contribution is 2.45. The van der Waals surface area contributed by atoms with E-state index in [-0.39, 0.29) is 5.97 Å². The average molecular weight is 275 g/mol. The molecule has 0 N–H and O–H groups in total. The smallest absolute Gasteiger partial charge is 0.303 e. The van der Waals surface area contributed by atoms with Crippen molar-refractivity contribution in [3.8, 4) is 0 Å². The van der Waals surface area contributed by atoms with Crippen LogP contribution in [-0.4, -0.2) is 31.5 Å². The molecular weight excluding hydrogens is 250 g/mol. The fourth-order valence-electron chi connectivity index (χ4n) is 3.45. The minimum absolute atomic E-state index is 0.181. The molecule has 1 aromatic rings. The Hall–Kier alpha value is -1.35. The molecule has 0 spiro atoms. The molecule has 1 fully saturated rings. The summed E-state index contributed by atoms with van der Waals surface area (Å²) in [4.78, 5) is 13.9. The van der Waals surface area contributed by atoms with Crippen LogP contribution in [0.5, 0.6) is 0 Å². The number of rotatable bonds is 4. The molecule has 3 heteroatoms. The van der Waals surface area contributed by atoms with E-state index in [2.05, 4.69) is 31.1 Å². The van der Waals surface area contributed by atoms with Crippen LogP contribution in [0.15, 0.2) is 30.3 Å². The van der Waals surface area contributed by atoms with Gasteiger partial charge < -0.3 is 9.64 Å². The van der Waals surface area contributed by atoms with Crippen molar-refractivity contribution in [2.75, 3.05) is 20.6 Å². The summed E-state index contributed by atoms with van der Waals surface area (Å²) < 4.78 is 5.91. The predicted octanol–water partition coefficient (Wildman–Crippen LogP) is 3.20. The van der Waals surface area contributed by atoms with Gasteiger partial charge in [0.05, 0.1) is 0 Å². The van der Waals surface area contributed by atoms with Crippen LogP contribution in [0.3, 0.4) is 0 Å². The van der Waals surface area contributed by atoms with Gasteiger partial charge in [0, 0.05) is 19.4 Å². The van der Waals surface area contributed by atoms with Gasteiger partial charge in [-0.2, -0.15) is 0 Å². The number of ether oxygens (including phenoxy) is 1. The minimum atomic E-state index is -0.449. The summed E-state index contributed by atoms with van der Waals surface area (Å²) in [6, 6.07) is 10.3. The van der Waals surface area contributed by atoms with Crippen LogP contribution in [0, 0.1) is 5.92 Å². The highest BCUT2D eigenvalue weighted by molar-refractivity contribution is 5.67. The first-order valence-corrected chi connectivity index (χ1v) is 7.44. The second-order valence-corrected chi connectivity index (χ2v) is 6.05. The number of hydrogen-bond acceptors (Lipinski definition) is 3. The van der Waals surface area contributed by atoms with Gasteiger partial charge in [-0.15, -0.1) is 0 Å². The van der Waals surface area contributed by atoms with Crippen molar-refractivity contribution in [3.05, 3.63) is 35.9 Å². The van der Waals surface area contributed by atoms with Crippen LogP contribution in [0.4, 0.5) is 0 Å². The van der Waals surface area contributed by atoms with E-state index in [0.29, 0.717) is 5.92 Å². The van der Waals surface area contributed by atoms with Gasteiger partial charge >= 0.3 is 5.97 Å². The Kier molecular flexibility index (Phi) is 4.81. The van der Waals surface area contributed by atoms with E-state index < -0.39 is 5.60 Å². The number of carbonyl (C=O) groups is 1. The lowest BCUT2D eigenvalue weighted by Gasteiger charge is -2.44. The Labute approximate surface area is 121 Å². The third-order valence-corrected chi connectivity index (χ3v) is 4.18. The molecule has 0 aliphatic heterocycles. The van der Waals surface area contributed by atoms with Crippen molar-refractivity contribution in [3.63, 3.8) is 0 Å². The third-order valence-electron chi connectivity index (χ3n) is 4.18. The molecule has 3 nitrogen and oxygen atoms in total. The summed E-state index contributed by atoms with van der Waals surface area (Å²) in [6.07, 6.45) is 4.37. The molecule has 1 aromatic carbocycles. The number of nitrogens with zero attached hydrogens (tertiary/aromatic N) is 1. The third kappa shape index (κ3) is 3.21. The SMILES string of the molecule is CC(=O)OC1(c2ccccc2)CCCCC1CN(C)C. The van der Waals surface area contributed by atoms with Crippen molar-refractivity contribution in [2.45, 2.75) is 38.2 Å². The molecule has 20 heavy (non-hydrogen) atoms. The molecule has 0 aromatic heterocycles. The molecule has 0 radical (unpaired) electrons. The lowest BCUT2D eigenvalue weighted by Crippen LogP contribution is -2.46. The number of esters is 1. The lowest BCUT2D eigenvalue weighted by molar-refractivity contribution is -0.171. The monoisotopic (exact) mass is 275 g/mol. The zero-order valence-corrected chi connectivity index (χ0v) is 12.8. The number of carbonyl (C=O) groups excluding carboxylic acids is 1. The first kappa shape index (κ1) is 15.0. The Morgan fingerprint density at radius 1 is 1.30 bits per heavy atom. The molecule has 2 unspecified atom stereocenters. The van der Waals surface area contributed by atoms with Crippen LogP contribution in [0.25, 0.3) is 0 Å². The first-order valence-electron chi connectivity index (χ1n) is 7.44.